The first-order chi connectivity index (χ1) is 17.6. The van der Waals surface area contributed by atoms with E-state index >= 15 is 0 Å². The fourth-order valence-corrected chi connectivity index (χ4v) is 6.12. The molecule has 0 bridgehead atoms. The van der Waals surface area contributed by atoms with Crippen molar-refractivity contribution in [2.24, 2.45) is 13.0 Å². The van der Waals surface area contributed by atoms with Crippen LogP contribution in [0.4, 0.5) is 0 Å². The molecule has 0 aliphatic rings. The van der Waals surface area contributed by atoms with Gasteiger partial charge in [0.25, 0.3) is 0 Å². The van der Waals surface area contributed by atoms with Crippen molar-refractivity contribution in [1.29, 1.82) is 0 Å². The van der Waals surface area contributed by atoms with E-state index in [0.717, 1.165) is 40.1 Å². The predicted octanol–water partition coefficient (Wildman–Crippen LogP) is 7.24. The number of aryl methyl sites for hydroxylation is 1. The molecule has 0 amide bonds. The van der Waals surface area contributed by atoms with Gasteiger partial charge in [-0.25, -0.2) is 4.98 Å². The summed E-state index contributed by atoms with van der Waals surface area (Å²) in [6, 6.07) is 28.8. The number of phenols is 1. The maximum Gasteiger partial charge on any atom is 0.144 e. The van der Waals surface area contributed by atoms with Crippen LogP contribution in [0.2, 0.25) is 19.6 Å². The van der Waals surface area contributed by atoms with Crippen molar-refractivity contribution in [3.63, 3.8) is 0 Å². The second kappa shape index (κ2) is 12.7. The Balaban J connectivity index is 0.000000207. The summed E-state index contributed by atoms with van der Waals surface area (Å²) in [5.41, 5.74) is 6.36. The number of hydrogen-bond donors (Lipinski definition) is 1. The Hall–Kier alpha value is -3.05. The predicted molar refractivity (Wildman–Crippen MR) is 158 cm³/mol. The molecule has 0 saturated heterocycles. The van der Waals surface area contributed by atoms with Crippen LogP contribution < -0.4 is 5.19 Å². The molecule has 38 heavy (non-hydrogen) atoms. The Kier molecular flexibility index (Phi) is 9.83. The van der Waals surface area contributed by atoms with Crippen molar-refractivity contribution in [2.45, 2.75) is 39.9 Å². The van der Waals surface area contributed by atoms with E-state index in [4.69, 9.17) is 0 Å². The molecule has 2 aromatic heterocycles. The number of imidazole rings is 1. The Morgan fingerprint density at radius 2 is 1.63 bits per heavy atom. The van der Waals surface area contributed by atoms with Crippen LogP contribution in [-0.4, -0.2) is 27.7 Å². The standard InChI is InChI=1S/C18H24NSi.C14H12N2O.Ir/c1-14(2)11-16-12-17(15-9-7-6-8-10-15)19-13-18(16)20(3,4)5;1-16-12-8-4-3-7-11(12)15-14(16)10-6-2-5-9-13(10)17;/h6-9,12-14H,11H2,1-5H3;2-9,17H,1H3;/q-1;;. The summed E-state index contributed by atoms with van der Waals surface area (Å²) >= 11 is 0. The van der Waals surface area contributed by atoms with E-state index < -0.39 is 8.07 Å². The normalized spacial score (nSPS) is 11.1. The van der Waals surface area contributed by atoms with E-state index in [9.17, 15) is 5.11 Å². The number of para-hydroxylation sites is 3. The quantitative estimate of drug-likeness (QED) is 0.156. The number of phenolic OH excluding ortho intramolecular Hbond substituents is 1. The third-order valence-corrected chi connectivity index (χ3v) is 8.41. The molecule has 0 aliphatic heterocycles. The van der Waals surface area contributed by atoms with Crippen molar-refractivity contribution >= 4 is 24.3 Å². The van der Waals surface area contributed by atoms with E-state index in [1.54, 1.807) is 6.07 Å². The largest absolute Gasteiger partial charge is 0.507 e. The summed E-state index contributed by atoms with van der Waals surface area (Å²) in [5.74, 6) is 1.70. The second-order valence-corrected chi connectivity index (χ2v) is 15.9. The summed E-state index contributed by atoms with van der Waals surface area (Å²) in [4.78, 5) is 9.23. The topological polar surface area (TPSA) is 50.9 Å². The summed E-state index contributed by atoms with van der Waals surface area (Å²) in [6.07, 6.45) is 3.24. The Bertz CT molecular complexity index is 1490. The maximum absolute atomic E-state index is 9.86. The van der Waals surface area contributed by atoms with Gasteiger partial charge in [0.1, 0.15) is 11.6 Å². The van der Waals surface area contributed by atoms with E-state index in [2.05, 4.69) is 67.9 Å². The van der Waals surface area contributed by atoms with E-state index in [0.29, 0.717) is 5.92 Å². The number of nitrogens with zero attached hydrogens (tertiary/aromatic N) is 3. The van der Waals surface area contributed by atoms with Crippen molar-refractivity contribution in [3.8, 4) is 28.4 Å². The molecule has 5 rings (SSSR count). The van der Waals surface area contributed by atoms with Gasteiger partial charge in [0.2, 0.25) is 0 Å². The fraction of sp³-hybridized carbons (Fsp3) is 0.250. The van der Waals surface area contributed by atoms with Crippen LogP contribution in [0.5, 0.6) is 5.75 Å². The van der Waals surface area contributed by atoms with Gasteiger partial charge in [-0.2, -0.15) is 0 Å². The summed E-state index contributed by atoms with van der Waals surface area (Å²) in [5, 5.41) is 11.4. The van der Waals surface area contributed by atoms with E-state index in [1.807, 2.05) is 72.3 Å². The molecule has 0 saturated carbocycles. The minimum absolute atomic E-state index is 0. The number of aromatic hydroxyl groups is 1. The van der Waals surface area contributed by atoms with Crippen molar-refractivity contribution in [2.75, 3.05) is 0 Å². The minimum atomic E-state index is -1.34. The molecule has 6 heteroatoms. The van der Waals surface area contributed by atoms with Gasteiger partial charge in [-0.05, 0) is 47.5 Å². The molecule has 0 fully saturated rings. The van der Waals surface area contributed by atoms with Gasteiger partial charge >= 0.3 is 0 Å². The van der Waals surface area contributed by atoms with Crippen LogP contribution >= 0.6 is 0 Å². The molecular weight excluding hydrogens is 663 g/mol. The SMILES string of the molecule is CC(C)Cc1cc(-c2[c-]cccc2)ncc1[Si](C)(C)C.Cn1c(-c2ccccc2O)nc2ccccc21.[Ir]. The first-order valence-electron chi connectivity index (χ1n) is 12.8. The number of hydrogen-bond acceptors (Lipinski definition) is 3. The second-order valence-electron chi connectivity index (χ2n) is 10.9. The van der Waals surface area contributed by atoms with Crippen molar-refractivity contribution < 1.29 is 25.2 Å². The zero-order valence-corrected chi connectivity index (χ0v) is 26.4. The van der Waals surface area contributed by atoms with Gasteiger partial charge in [0.15, 0.2) is 0 Å². The molecule has 4 nitrogen and oxygen atoms in total. The molecule has 199 valence electrons. The van der Waals surface area contributed by atoms with Gasteiger partial charge in [-0.3, -0.25) is 0 Å². The molecule has 0 spiro atoms. The van der Waals surface area contributed by atoms with E-state index in [1.165, 1.54) is 10.8 Å². The first-order valence-corrected chi connectivity index (χ1v) is 16.3. The molecule has 1 radical (unpaired) electrons. The fourth-order valence-electron chi connectivity index (χ4n) is 4.53. The molecule has 0 unspecified atom stereocenters. The maximum atomic E-state index is 9.86. The molecule has 1 N–H and O–H groups in total. The van der Waals surface area contributed by atoms with Crippen LogP contribution in [0.15, 0.2) is 85.1 Å². The molecular formula is C32H36IrN3OSi-. The summed E-state index contributed by atoms with van der Waals surface area (Å²) in [7, 11) is 0.614. The van der Waals surface area contributed by atoms with Gasteiger partial charge in [0, 0.05) is 33.3 Å². The van der Waals surface area contributed by atoms with Crippen LogP contribution in [0.25, 0.3) is 33.7 Å². The third kappa shape index (κ3) is 6.87. The zero-order chi connectivity index (χ0) is 26.6. The van der Waals surface area contributed by atoms with Gasteiger partial charge < -0.3 is 14.7 Å². The number of pyridine rings is 1. The molecule has 2 heterocycles. The number of fused-ring (bicyclic) bond motifs is 1. The number of aromatic nitrogens is 3. The molecule has 0 aliphatic carbocycles. The van der Waals surface area contributed by atoms with Crippen LogP contribution in [0.3, 0.4) is 0 Å². The van der Waals surface area contributed by atoms with Crippen LogP contribution in [-0.2, 0) is 33.6 Å². The van der Waals surface area contributed by atoms with Crippen LogP contribution in [0.1, 0.15) is 19.4 Å². The number of benzene rings is 3. The summed E-state index contributed by atoms with van der Waals surface area (Å²) in [6.45, 7) is 11.7. The first kappa shape index (κ1) is 29.5. The van der Waals surface area contributed by atoms with Crippen LogP contribution in [0, 0.1) is 12.0 Å². The molecule has 3 aromatic carbocycles. The average Bonchev–Trinajstić information content (AvgIpc) is 3.20. The van der Waals surface area contributed by atoms with Gasteiger partial charge in [-0.1, -0.05) is 69.4 Å². The monoisotopic (exact) mass is 699 g/mol. The smallest absolute Gasteiger partial charge is 0.144 e. The van der Waals surface area contributed by atoms with Crippen molar-refractivity contribution in [1.82, 2.24) is 14.5 Å². The van der Waals surface area contributed by atoms with Gasteiger partial charge in [0.05, 0.1) is 24.7 Å². The third-order valence-electron chi connectivity index (χ3n) is 6.34. The van der Waals surface area contributed by atoms with E-state index in [-0.39, 0.29) is 25.9 Å². The average molecular weight is 699 g/mol. The Morgan fingerprint density at radius 1 is 0.947 bits per heavy atom. The minimum Gasteiger partial charge on any atom is -0.507 e. The zero-order valence-electron chi connectivity index (χ0n) is 23.0. The Morgan fingerprint density at radius 3 is 2.26 bits per heavy atom. The summed E-state index contributed by atoms with van der Waals surface area (Å²) < 4.78 is 1.99. The van der Waals surface area contributed by atoms with Gasteiger partial charge in [-0.15, -0.1) is 35.9 Å². The molecule has 0 atom stereocenters. The Labute approximate surface area is 241 Å². The molecule has 5 aromatic rings. The van der Waals surface area contributed by atoms with Crippen molar-refractivity contribution in [3.05, 3.63) is 96.7 Å². The number of rotatable bonds is 5.